The smallest absolute Gasteiger partial charge is 0.412 e. The zero-order chi connectivity index (χ0) is 63.5. The van der Waals surface area contributed by atoms with Gasteiger partial charge in [-0.2, -0.15) is 9.13 Å². The summed E-state index contributed by atoms with van der Waals surface area (Å²) in [6.45, 7) is 18.6. The van der Waals surface area contributed by atoms with E-state index in [0.717, 1.165) is 0 Å². The lowest BCUT2D eigenvalue weighted by molar-refractivity contribution is -0.807. The van der Waals surface area contributed by atoms with Gasteiger partial charge in [0.15, 0.2) is 25.0 Å². The van der Waals surface area contributed by atoms with Gasteiger partial charge in [0.25, 0.3) is 5.72 Å². The van der Waals surface area contributed by atoms with Crippen molar-refractivity contribution in [3.63, 3.8) is 0 Å². The van der Waals surface area contributed by atoms with E-state index in [1.807, 2.05) is 0 Å². The van der Waals surface area contributed by atoms with E-state index in [0.29, 0.717) is 64.5 Å². The molecule has 6 atom stereocenters. The number of hydrogen-bond acceptors (Lipinski definition) is 21. The van der Waals surface area contributed by atoms with Crippen molar-refractivity contribution in [1.82, 2.24) is 41.5 Å². The average molecular weight is 1220 g/mol. The van der Waals surface area contributed by atoms with Gasteiger partial charge in [-0.05, 0) is 77.8 Å². The number of carbonyl (C=O) groups is 9. The number of hydrogen-bond donors (Lipinski definition) is 6. The molecule has 0 aliphatic heterocycles. The molecule has 0 radical (unpaired) electrons. The lowest BCUT2D eigenvalue weighted by Gasteiger charge is -2.28. The number of amides is 4. The van der Waals surface area contributed by atoms with Crippen LogP contribution in [0.25, 0.3) is 0 Å². The molecule has 0 spiro atoms. The number of pyridine rings is 3. The minimum atomic E-state index is -1.60. The topological polar surface area (TPSA) is 340 Å². The van der Waals surface area contributed by atoms with Crippen molar-refractivity contribution in [2.24, 2.45) is 0 Å². The highest BCUT2D eigenvalue weighted by molar-refractivity contribution is 7.09. The maximum Gasteiger partial charge on any atom is 0.412 e. The van der Waals surface area contributed by atoms with Crippen molar-refractivity contribution in [1.29, 1.82) is 0 Å². The number of aliphatic hydroxyl groups excluding tert-OH is 1. The molecule has 0 aromatic carbocycles. The number of aldehydes is 5. The fraction of sp³-hybridized carbons (Fsp3) is 0.492. The number of carbonyl (C=O) groups excluding carboxylic acids is 9. The first-order valence-corrected chi connectivity index (χ1v) is 28.4. The Morgan fingerprint density at radius 1 is 0.593 bits per heavy atom. The summed E-state index contributed by atoms with van der Waals surface area (Å²) in [6, 6.07) is 7.92. The van der Waals surface area contributed by atoms with E-state index in [9.17, 15) is 48.3 Å². The summed E-state index contributed by atoms with van der Waals surface area (Å²) in [5, 5.41) is 24.9. The van der Waals surface area contributed by atoms with Crippen LogP contribution in [0, 0.1) is 0 Å². The summed E-state index contributed by atoms with van der Waals surface area (Å²) in [5.74, 6) is 0.276. The molecule has 0 aliphatic rings. The van der Waals surface area contributed by atoms with E-state index >= 15 is 0 Å². The number of nitrogens with zero attached hydrogens (tertiary/aromatic N) is 5. The zero-order valence-corrected chi connectivity index (χ0v) is 50.9. The van der Waals surface area contributed by atoms with E-state index in [4.69, 9.17) is 28.1 Å². The highest BCUT2D eigenvalue weighted by atomic mass is 32.1. The van der Waals surface area contributed by atoms with Crippen LogP contribution in [0.4, 0.5) is 19.2 Å². The average Bonchev–Trinajstić information content (AvgIpc) is 3.85. The fourth-order valence-corrected chi connectivity index (χ4v) is 9.82. The number of alkyl carbamates (subject to hydrolysis) is 4. The monoisotopic (exact) mass is 1210 g/mol. The van der Waals surface area contributed by atoms with Crippen LogP contribution >= 0.6 is 11.3 Å². The van der Waals surface area contributed by atoms with Crippen molar-refractivity contribution in [2.75, 3.05) is 0 Å². The number of aliphatic hydroxyl groups is 1. The van der Waals surface area contributed by atoms with Crippen LogP contribution in [0.2, 0.25) is 0 Å². The molecule has 0 aliphatic carbocycles. The standard InChI is InChI=1S/C59H76N10O16S/c1-55(2,3)81-50(75)65-45(21-28-72)44-14-12-13-41(62-44)32-57(6,7)83-52(77)64-43(20-27-71)39-15-16-40(61-33-39)31-56(4,5)82-51(76)63-42(19-26-70)38-17-24-68(25-18-38)58(8,9)84-54(79)67-47(23-30-74)49-35-69(37-86-49)59(10,11)85-53(78)66-46(22-29-73)48-34-60-36-80-48/h12-18,24-30,33-37,42-43,45-47,54,67,79H,19-23,31-32H2,1-11H3,(H2-2,63,64,65,66,75,76,77,78)/p+2. The molecule has 0 fully saturated rings. The van der Waals surface area contributed by atoms with E-state index in [-0.39, 0.29) is 50.7 Å². The molecule has 5 rings (SSSR count). The van der Waals surface area contributed by atoms with Gasteiger partial charge in [-0.15, -0.1) is 0 Å². The zero-order valence-electron chi connectivity index (χ0n) is 50.1. The molecule has 5 aromatic heterocycles. The third kappa shape index (κ3) is 21.6. The number of aromatic nitrogens is 5. The van der Waals surface area contributed by atoms with Crippen molar-refractivity contribution >= 4 is 67.1 Å². The Morgan fingerprint density at radius 3 is 1.67 bits per heavy atom. The van der Waals surface area contributed by atoms with Gasteiger partial charge in [-0.3, -0.25) is 20.0 Å². The van der Waals surface area contributed by atoms with Gasteiger partial charge in [0.05, 0.1) is 47.0 Å². The van der Waals surface area contributed by atoms with Crippen LogP contribution in [-0.2, 0) is 71.9 Å². The Morgan fingerprint density at radius 2 is 1.12 bits per heavy atom. The first kappa shape index (κ1) is 68.4. The number of nitrogens with one attached hydrogen (secondary N) is 5. The summed E-state index contributed by atoms with van der Waals surface area (Å²) in [4.78, 5) is 124. The normalized spacial score (nSPS) is 14.1. The minimum absolute atomic E-state index is 0.0510. The first-order valence-electron chi connectivity index (χ1n) is 27.6. The summed E-state index contributed by atoms with van der Waals surface area (Å²) < 4.78 is 37.2. The summed E-state index contributed by atoms with van der Waals surface area (Å²) in [5.41, 5.74) is -1.23. The number of ether oxygens (including phenoxy) is 5. The third-order valence-corrected chi connectivity index (χ3v) is 13.9. The molecule has 6 N–H and O–H groups in total. The second-order valence-corrected chi connectivity index (χ2v) is 24.1. The quantitative estimate of drug-likeness (QED) is 0.0113. The maximum absolute atomic E-state index is 13.4. The summed E-state index contributed by atoms with van der Waals surface area (Å²) >= 11 is 1.24. The van der Waals surface area contributed by atoms with Crippen LogP contribution in [0.1, 0.15) is 177 Å². The third-order valence-electron chi connectivity index (χ3n) is 12.9. The molecular weight excluding hydrogens is 1140 g/mol. The van der Waals surface area contributed by atoms with Gasteiger partial charge in [-0.1, -0.05) is 23.5 Å². The number of rotatable bonds is 32. The van der Waals surface area contributed by atoms with Gasteiger partial charge >= 0.3 is 30.1 Å². The Balaban J connectivity index is 1.13. The Labute approximate surface area is 502 Å². The summed E-state index contributed by atoms with van der Waals surface area (Å²) in [6.07, 6.45) is 7.50. The van der Waals surface area contributed by atoms with E-state index in [1.54, 1.807) is 152 Å². The van der Waals surface area contributed by atoms with E-state index in [2.05, 4.69) is 41.5 Å². The van der Waals surface area contributed by atoms with Crippen molar-refractivity contribution in [3.8, 4) is 0 Å². The van der Waals surface area contributed by atoms with Crippen molar-refractivity contribution in [3.05, 3.63) is 124 Å². The van der Waals surface area contributed by atoms with Crippen LogP contribution in [0.3, 0.4) is 0 Å². The first-order chi connectivity index (χ1) is 40.5. The molecule has 6 unspecified atom stereocenters. The van der Waals surface area contributed by atoms with Crippen LogP contribution < -0.4 is 35.7 Å². The molecule has 26 nitrogen and oxygen atoms in total. The largest absolute Gasteiger partial charge is 0.446 e. The van der Waals surface area contributed by atoms with Gasteiger partial charge < -0.3 is 73.7 Å². The van der Waals surface area contributed by atoms with Gasteiger partial charge in [0.1, 0.15) is 54.0 Å². The Hall–Kier alpha value is -8.40. The molecule has 0 saturated carbocycles. The molecule has 27 heteroatoms. The lowest BCUT2D eigenvalue weighted by Crippen LogP contribution is -2.57. The number of thiazole rings is 1. The Kier molecular flexibility index (Phi) is 24.3. The summed E-state index contributed by atoms with van der Waals surface area (Å²) in [7, 11) is 0. The molecular formula is C59H78N10O16S+2. The van der Waals surface area contributed by atoms with Crippen molar-refractivity contribution in [2.45, 2.75) is 186 Å². The predicted octanol–water partition coefficient (Wildman–Crippen LogP) is 6.67. The highest BCUT2D eigenvalue weighted by Crippen LogP contribution is 2.27. The lowest BCUT2D eigenvalue weighted by atomic mass is 10.00. The van der Waals surface area contributed by atoms with Crippen LogP contribution in [0.5, 0.6) is 0 Å². The van der Waals surface area contributed by atoms with Crippen LogP contribution in [0.15, 0.2) is 89.8 Å². The van der Waals surface area contributed by atoms with Crippen LogP contribution in [-0.4, -0.2) is 99.1 Å². The molecule has 0 saturated heterocycles. The van der Waals surface area contributed by atoms with Crippen molar-refractivity contribution < 1.29 is 85.5 Å². The van der Waals surface area contributed by atoms with E-state index in [1.165, 1.54) is 30.1 Å². The fourth-order valence-electron chi connectivity index (χ4n) is 8.77. The molecule has 5 heterocycles. The SMILES string of the molecule is CC(C)(C)OC(=O)NC(CC=O)c1cccc(CC(C)(C)OC(=O)NC(CC=O)c2ccc(CC(C)(C)OC(=O)NC(CC=O)c3cc[n+](C(C)(C)OC(O)NC(CC=O)c4c[n+](C(C)(C)OC(=O)NC(CC=O)c5cnco5)cs4)cc3)nc2)n1. The molecule has 0 bridgehead atoms. The van der Waals surface area contributed by atoms with E-state index < -0.39 is 89.2 Å². The Bertz CT molecular complexity index is 3070. The number of oxazole rings is 1. The molecule has 86 heavy (non-hydrogen) atoms. The van der Waals surface area contributed by atoms with Gasteiger partial charge in [0, 0.05) is 102 Å². The second kappa shape index (κ2) is 30.6. The molecule has 4 amide bonds. The van der Waals surface area contributed by atoms with Gasteiger partial charge in [0.2, 0.25) is 11.9 Å². The second-order valence-electron chi connectivity index (χ2n) is 23.2. The molecule has 5 aromatic rings. The maximum atomic E-state index is 13.4. The minimum Gasteiger partial charge on any atom is -0.446 e. The highest BCUT2D eigenvalue weighted by Gasteiger charge is 2.38. The van der Waals surface area contributed by atoms with Gasteiger partial charge in [-0.25, -0.2) is 24.2 Å². The predicted molar refractivity (Wildman–Crippen MR) is 306 cm³/mol. The molecule has 464 valence electrons.